The molecule has 0 unspecified atom stereocenters. The lowest BCUT2D eigenvalue weighted by atomic mass is 9.95. The number of likely N-dealkylation sites (tertiary alicyclic amines) is 1. The number of carbonyl (C=O) groups is 2. The van der Waals surface area contributed by atoms with E-state index in [2.05, 4.69) is 10.1 Å². The summed E-state index contributed by atoms with van der Waals surface area (Å²) in [6.45, 7) is 3.05. The summed E-state index contributed by atoms with van der Waals surface area (Å²) in [7, 11) is 1.71. The minimum Gasteiger partial charge on any atom is -0.342 e. The first-order valence-electron chi connectivity index (χ1n) is 9.55. The number of aryl methyl sites for hydroxylation is 1. The molecule has 0 saturated carbocycles. The molecule has 1 aliphatic heterocycles. The summed E-state index contributed by atoms with van der Waals surface area (Å²) in [5.41, 5.74) is 0.835. The highest BCUT2D eigenvalue weighted by Gasteiger charge is 2.32. The van der Waals surface area contributed by atoms with Crippen LogP contribution in [0.5, 0.6) is 0 Å². The second kappa shape index (κ2) is 8.95. The Morgan fingerprint density at radius 3 is 2.96 bits per heavy atom. The second-order valence-electron chi connectivity index (χ2n) is 7.11. The number of aromatic nitrogens is 2. The molecule has 28 heavy (non-hydrogen) atoms. The molecule has 0 aliphatic carbocycles. The normalized spacial score (nSPS) is 17.0. The first-order valence-corrected chi connectivity index (χ1v) is 9.55. The third kappa shape index (κ3) is 4.94. The van der Waals surface area contributed by atoms with Crippen LogP contribution in [0.1, 0.15) is 37.0 Å². The molecule has 1 aliphatic rings. The van der Waals surface area contributed by atoms with E-state index in [9.17, 15) is 14.0 Å². The fourth-order valence-corrected chi connectivity index (χ4v) is 3.39. The Balaban J connectivity index is 1.56. The molecule has 0 N–H and O–H groups in total. The average Bonchev–Trinajstić information content (AvgIpc) is 3.14. The van der Waals surface area contributed by atoms with Crippen LogP contribution in [0, 0.1) is 11.7 Å². The van der Waals surface area contributed by atoms with E-state index < -0.39 is 0 Å². The average molecular weight is 388 g/mol. The minimum atomic E-state index is -0.287. The predicted octanol–water partition coefficient (Wildman–Crippen LogP) is 2.21. The van der Waals surface area contributed by atoms with E-state index in [-0.39, 0.29) is 30.1 Å². The first-order chi connectivity index (χ1) is 13.5. The van der Waals surface area contributed by atoms with Gasteiger partial charge in [-0.25, -0.2) is 4.39 Å². The Hall–Kier alpha value is -2.77. The third-order valence-corrected chi connectivity index (χ3v) is 4.98. The van der Waals surface area contributed by atoms with Gasteiger partial charge in [-0.1, -0.05) is 24.2 Å². The Morgan fingerprint density at radius 1 is 1.43 bits per heavy atom. The summed E-state index contributed by atoms with van der Waals surface area (Å²) in [6, 6.07) is 6.36. The molecule has 1 atom stereocenters. The Kier molecular flexibility index (Phi) is 6.38. The summed E-state index contributed by atoms with van der Waals surface area (Å²) in [4.78, 5) is 32.6. The number of nitrogens with zero attached hydrogens (tertiary/aromatic N) is 4. The zero-order valence-electron chi connectivity index (χ0n) is 16.2. The van der Waals surface area contributed by atoms with Gasteiger partial charge in [0.25, 0.3) is 0 Å². The van der Waals surface area contributed by atoms with Crippen molar-refractivity contribution < 1.29 is 18.5 Å². The van der Waals surface area contributed by atoms with Gasteiger partial charge in [-0.15, -0.1) is 0 Å². The third-order valence-electron chi connectivity index (χ3n) is 4.98. The molecular formula is C20H25FN4O3. The van der Waals surface area contributed by atoms with E-state index in [1.807, 2.05) is 13.0 Å². The van der Waals surface area contributed by atoms with Crippen molar-refractivity contribution in [3.8, 4) is 0 Å². The van der Waals surface area contributed by atoms with Crippen LogP contribution < -0.4 is 0 Å². The van der Waals surface area contributed by atoms with E-state index >= 15 is 0 Å². The lowest BCUT2D eigenvalue weighted by molar-refractivity contribution is -0.142. The molecule has 0 bridgehead atoms. The number of halogens is 1. The van der Waals surface area contributed by atoms with Gasteiger partial charge >= 0.3 is 0 Å². The van der Waals surface area contributed by atoms with Crippen molar-refractivity contribution in [3.05, 3.63) is 47.4 Å². The zero-order chi connectivity index (χ0) is 20.1. The summed E-state index contributed by atoms with van der Waals surface area (Å²) >= 11 is 0. The first kappa shape index (κ1) is 20.0. The van der Waals surface area contributed by atoms with Gasteiger partial charge in [0.1, 0.15) is 5.82 Å². The maximum Gasteiger partial charge on any atom is 0.227 e. The summed E-state index contributed by atoms with van der Waals surface area (Å²) in [6.07, 6.45) is 2.08. The van der Waals surface area contributed by atoms with Crippen LogP contribution in [0.25, 0.3) is 0 Å². The number of amides is 2. The van der Waals surface area contributed by atoms with E-state index in [4.69, 9.17) is 4.52 Å². The van der Waals surface area contributed by atoms with Gasteiger partial charge in [0, 0.05) is 33.0 Å². The number of rotatable bonds is 7. The van der Waals surface area contributed by atoms with E-state index in [1.54, 1.807) is 22.9 Å². The summed E-state index contributed by atoms with van der Waals surface area (Å²) in [5.74, 6) is 0.475. The molecule has 1 saturated heterocycles. The predicted molar refractivity (Wildman–Crippen MR) is 99.6 cm³/mol. The maximum atomic E-state index is 13.3. The lowest BCUT2D eigenvalue weighted by Crippen LogP contribution is -2.46. The van der Waals surface area contributed by atoms with Gasteiger partial charge in [0.2, 0.25) is 17.7 Å². The Bertz CT molecular complexity index is 838. The topological polar surface area (TPSA) is 79.5 Å². The van der Waals surface area contributed by atoms with Crippen LogP contribution in [-0.2, 0) is 29.0 Å². The molecule has 1 aromatic heterocycles. The fraction of sp³-hybridized carbons (Fsp3) is 0.500. The minimum absolute atomic E-state index is 0.0360. The second-order valence-corrected chi connectivity index (χ2v) is 7.11. The van der Waals surface area contributed by atoms with Crippen molar-refractivity contribution in [1.29, 1.82) is 0 Å². The number of benzene rings is 1. The largest absolute Gasteiger partial charge is 0.342 e. The quantitative estimate of drug-likeness (QED) is 0.727. The highest BCUT2D eigenvalue weighted by atomic mass is 19.1. The maximum absolute atomic E-state index is 13.3. The van der Waals surface area contributed by atoms with Gasteiger partial charge in [-0.05, 0) is 30.5 Å². The van der Waals surface area contributed by atoms with Crippen molar-refractivity contribution in [2.75, 3.05) is 20.1 Å². The zero-order valence-corrected chi connectivity index (χ0v) is 16.2. The molecule has 0 radical (unpaired) electrons. The van der Waals surface area contributed by atoms with Crippen molar-refractivity contribution >= 4 is 11.8 Å². The number of carbonyl (C=O) groups excluding carboxylic acids is 2. The van der Waals surface area contributed by atoms with Crippen LogP contribution in [0.4, 0.5) is 4.39 Å². The highest BCUT2D eigenvalue weighted by Crippen LogP contribution is 2.21. The van der Waals surface area contributed by atoms with E-state index in [1.165, 1.54) is 12.1 Å². The van der Waals surface area contributed by atoms with Gasteiger partial charge in [0.15, 0.2) is 5.82 Å². The smallest absolute Gasteiger partial charge is 0.227 e. The van der Waals surface area contributed by atoms with Crippen molar-refractivity contribution in [2.24, 2.45) is 5.92 Å². The molecule has 2 aromatic rings. The number of hydrogen-bond donors (Lipinski definition) is 0. The molecule has 1 fully saturated rings. The van der Waals surface area contributed by atoms with Gasteiger partial charge in [-0.2, -0.15) is 4.98 Å². The van der Waals surface area contributed by atoms with Crippen molar-refractivity contribution in [1.82, 2.24) is 19.9 Å². The standard InChI is InChI=1S/C20H25FN4O3/c1-3-18-22-17(23-28-18)13-24(2)20(27)15-7-8-19(26)25(12-15)10-9-14-5-4-6-16(21)11-14/h4-6,11,15H,3,7-10,12-13H2,1-2H3/t15-/m1/s1. The van der Waals surface area contributed by atoms with Crippen LogP contribution >= 0.6 is 0 Å². The molecule has 150 valence electrons. The van der Waals surface area contributed by atoms with Crippen molar-refractivity contribution in [3.63, 3.8) is 0 Å². The fourth-order valence-electron chi connectivity index (χ4n) is 3.39. The molecular weight excluding hydrogens is 363 g/mol. The number of piperidine rings is 1. The lowest BCUT2D eigenvalue weighted by Gasteiger charge is -2.33. The molecule has 3 rings (SSSR count). The molecule has 0 spiro atoms. The van der Waals surface area contributed by atoms with Crippen LogP contribution in [0.3, 0.4) is 0 Å². The Morgan fingerprint density at radius 2 is 2.25 bits per heavy atom. The highest BCUT2D eigenvalue weighted by molar-refractivity contribution is 5.83. The Labute approximate surface area is 163 Å². The van der Waals surface area contributed by atoms with Gasteiger partial charge in [-0.3, -0.25) is 9.59 Å². The van der Waals surface area contributed by atoms with Crippen LogP contribution in [-0.4, -0.2) is 51.9 Å². The number of hydrogen-bond acceptors (Lipinski definition) is 5. The van der Waals surface area contributed by atoms with Crippen LogP contribution in [0.15, 0.2) is 28.8 Å². The van der Waals surface area contributed by atoms with Crippen molar-refractivity contribution in [2.45, 2.75) is 39.2 Å². The molecule has 7 nitrogen and oxygen atoms in total. The molecule has 8 heteroatoms. The summed E-state index contributed by atoms with van der Waals surface area (Å²) < 4.78 is 18.4. The molecule has 2 heterocycles. The van der Waals surface area contributed by atoms with E-state index in [0.29, 0.717) is 50.5 Å². The molecule has 1 aromatic carbocycles. The van der Waals surface area contributed by atoms with E-state index in [0.717, 1.165) is 5.56 Å². The van der Waals surface area contributed by atoms with Gasteiger partial charge < -0.3 is 14.3 Å². The monoisotopic (exact) mass is 388 g/mol. The SMILES string of the molecule is CCc1nc(CN(C)C(=O)[C@@H]2CCC(=O)N(CCc3cccc(F)c3)C2)no1. The van der Waals surface area contributed by atoms with Crippen LogP contribution in [0.2, 0.25) is 0 Å². The van der Waals surface area contributed by atoms with Gasteiger partial charge in [0.05, 0.1) is 12.5 Å². The molecule has 2 amide bonds. The summed E-state index contributed by atoms with van der Waals surface area (Å²) in [5, 5.41) is 3.88.